The van der Waals surface area contributed by atoms with Crippen molar-refractivity contribution in [2.24, 2.45) is 0 Å². The Kier molecular flexibility index (Phi) is 8.11. The molecule has 174 valence electrons. The number of quaternary nitrogens is 1. The van der Waals surface area contributed by atoms with Gasteiger partial charge in [-0.3, -0.25) is 0 Å². The first-order valence-corrected chi connectivity index (χ1v) is 10.8. The number of halogens is 3. The molecular formula is C24H29F2IN2O3. The number of carbonyl (C=O) groups is 1. The summed E-state index contributed by atoms with van der Waals surface area (Å²) in [5.74, 6) is -0.602. The normalized spacial score (nSPS) is 24.8. The Morgan fingerprint density at radius 1 is 1.03 bits per heavy atom. The molecule has 0 radical (unpaired) electrons. The molecule has 2 aliphatic heterocycles. The molecule has 5 nitrogen and oxygen atoms in total. The number of nitrogens with zero attached hydrogens (tertiary/aromatic N) is 1. The van der Waals surface area contributed by atoms with Crippen molar-refractivity contribution in [3.05, 3.63) is 71.3 Å². The van der Waals surface area contributed by atoms with E-state index in [0.29, 0.717) is 13.2 Å². The van der Waals surface area contributed by atoms with Crippen LogP contribution >= 0.6 is 0 Å². The number of nitrogens with one attached hydrogen (secondary N) is 1. The van der Waals surface area contributed by atoms with Gasteiger partial charge in [-0.1, -0.05) is 24.3 Å². The molecule has 2 heterocycles. The second-order valence-corrected chi connectivity index (χ2v) is 8.92. The Morgan fingerprint density at radius 3 is 2.03 bits per heavy atom. The molecule has 4 rings (SSSR count). The van der Waals surface area contributed by atoms with Crippen LogP contribution in [0.15, 0.2) is 48.5 Å². The summed E-state index contributed by atoms with van der Waals surface area (Å²) < 4.78 is 39.4. The average Bonchev–Trinajstić information content (AvgIpc) is 3.13. The number of rotatable bonds is 7. The Balaban J connectivity index is 0.00000289. The van der Waals surface area contributed by atoms with Gasteiger partial charge in [0, 0.05) is 19.3 Å². The highest BCUT2D eigenvalue weighted by Crippen LogP contribution is 2.32. The van der Waals surface area contributed by atoms with Crippen LogP contribution in [-0.4, -0.2) is 56.0 Å². The molecule has 2 aromatic carbocycles. The lowest BCUT2D eigenvalue weighted by Crippen LogP contribution is -3.00. The van der Waals surface area contributed by atoms with E-state index in [9.17, 15) is 13.6 Å². The van der Waals surface area contributed by atoms with Gasteiger partial charge in [0.2, 0.25) is 0 Å². The van der Waals surface area contributed by atoms with Crippen molar-refractivity contribution < 1.29 is 51.5 Å². The summed E-state index contributed by atoms with van der Waals surface area (Å²) in [5.41, 5.74) is 1.34. The molecule has 2 aromatic rings. The number of amides is 1. The van der Waals surface area contributed by atoms with Crippen LogP contribution in [0.2, 0.25) is 0 Å². The number of hydrogen-bond acceptors (Lipinski definition) is 3. The quantitative estimate of drug-likeness (QED) is 0.316. The molecule has 0 atom stereocenters. The lowest BCUT2D eigenvalue weighted by molar-refractivity contribution is -0.916. The first-order chi connectivity index (χ1) is 14.9. The van der Waals surface area contributed by atoms with Gasteiger partial charge in [0.15, 0.2) is 0 Å². The molecule has 0 unspecified atom stereocenters. The van der Waals surface area contributed by atoms with Gasteiger partial charge in [0.25, 0.3) is 0 Å². The SMILES string of the molecule is C[N+]1(CCCOC(c2ccc(F)cc2)c2ccc(F)cc2)CCC2(CC1)CNC(=O)O2.[I-]. The van der Waals surface area contributed by atoms with Crippen LogP contribution in [0.3, 0.4) is 0 Å². The van der Waals surface area contributed by atoms with Gasteiger partial charge in [0.1, 0.15) is 23.3 Å². The van der Waals surface area contributed by atoms with Crippen LogP contribution < -0.4 is 29.3 Å². The Morgan fingerprint density at radius 2 is 1.56 bits per heavy atom. The molecule has 0 aromatic heterocycles. The van der Waals surface area contributed by atoms with Crippen LogP contribution in [0, 0.1) is 11.6 Å². The fourth-order valence-corrected chi connectivity index (χ4v) is 4.50. The lowest BCUT2D eigenvalue weighted by atomic mass is 9.90. The highest BCUT2D eigenvalue weighted by Gasteiger charge is 2.46. The zero-order valence-corrected chi connectivity index (χ0v) is 20.3. The van der Waals surface area contributed by atoms with E-state index in [0.717, 1.165) is 54.5 Å². The molecule has 2 aliphatic rings. The van der Waals surface area contributed by atoms with Crippen LogP contribution in [0.4, 0.5) is 13.6 Å². The van der Waals surface area contributed by atoms with Gasteiger partial charge in [-0.05, 0) is 35.4 Å². The molecule has 8 heteroatoms. The number of carbonyl (C=O) groups excluding carboxylic acids is 1. The zero-order valence-electron chi connectivity index (χ0n) is 18.2. The van der Waals surface area contributed by atoms with E-state index in [1.807, 2.05) is 0 Å². The maximum absolute atomic E-state index is 13.4. The molecule has 1 N–H and O–H groups in total. The topological polar surface area (TPSA) is 47.6 Å². The standard InChI is InChI=1S/C24H28F2N2O3.HI/c1-28(14-11-24(12-15-28)17-27-23(29)31-24)13-2-16-30-22(18-3-7-20(25)8-4-18)19-5-9-21(26)10-6-19;/h3-10,22H,2,11-17H2,1H3;1H. The summed E-state index contributed by atoms with van der Waals surface area (Å²) in [6.45, 7) is 4.00. The minimum atomic E-state index is -0.375. The number of piperidine rings is 1. The molecule has 0 saturated carbocycles. The monoisotopic (exact) mass is 558 g/mol. The molecule has 0 aliphatic carbocycles. The van der Waals surface area contributed by atoms with E-state index in [1.54, 1.807) is 24.3 Å². The Hall–Kier alpha value is -1.78. The van der Waals surface area contributed by atoms with E-state index < -0.39 is 0 Å². The van der Waals surface area contributed by atoms with Crippen molar-refractivity contribution in [2.75, 3.05) is 39.8 Å². The third-order valence-electron chi connectivity index (χ3n) is 6.55. The predicted molar refractivity (Wildman–Crippen MR) is 112 cm³/mol. The van der Waals surface area contributed by atoms with Crippen LogP contribution in [0.25, 0.3) is 0 Å². The first kappa shape index (κ1) is 24.9. The van der Waals surface area contributed by atoms with Gasteiger partial charge < -0.3 is 43.3 Å². The largest absolute Gasteiger partial charge is 1.00 e. The van der Waals surface area contributed by atoms with Crippen molar-refractivity contribution in [1.82, 2.24) is 5.32 Å². The minimum absolute atomic E-state index is 0. The summed E-state index contributed by atoms with van der Waals surface area (Å²) in [6.07, 6.45) is 1.89. The molecular weight excluding hydrogens is 529 g/mol. The molecule has 32 heavy (non-hydrogen) atoms. The molecule has 0 bridgehead atoms. The third-order valence-corrected chi connectivity index (χ3v) is 6.55. The van der Waals surface area contributed by atoms with Gasteiger partial charge in [-0.25, -0.2) is 13.6 Å². The smallest absolute Gasteiger partial charge is 0.407 e. The second kappa shape index (κ2) is 10.4. The second-order valence-electron chi connectivity index (χ2n) is 8.92. The number of alkyl carbamates (subject to hydrolysis) is 1. The maximum atomic E-state index is 13.4. The van der Waals surface area contributed by atoms with Crippen molar-refractivity contribution in [3.63, 3.8) is 0 Å². The Bertz CT molecular complexity index is 855. The van der Waals surface area contributed by atoms with E-state index in [1.165, 1.54) is 24.3 Å². The highest BCUT2D eigenvalue weighted by molar-refractivity contribution is 5.70. The van der Waals surface area contributed by atoms with Crippen LogP contribution in [-0.2, 0) is 9.47 Å². The molecule has 2 fully saturated rings. The highest BCUT2D eigenvalue weighted by atomic mass is 127. The maximum Gasteiger partial charge on any atom is 0.407 e. The summed E-state index contributed by atoms with van der Waals surface area (Å²) in [7, 11) is 2.23. The Labute approximate surface area is 204 Å². The van der Waals surface area contributed by atoms with Gasteiger partial charge in [-0.2, -0.15) is 0 Å². The predicted octanol–water partition coefficient (Wildman–Crippen LogP) is 1.18. The minimum Gasteiger partial charge on any atom is -1.00 e. The van der Waals surface area contributed by atoms with Crippen molar-refractivity contribution >= 4 is 6.09 Å². The molecule has 1 spiro atoms. The van der Waals surface area contributed by atoms with Gasteiger partial charge >= 0.3 is 6.09 Å². The van der Waals surface area contributed by atoms with Gasteiger partial charge in [0.05, 0.1) is 39.8 Å². The van der Waals surface area contributed by atoms with Crippen LogP contribution in [0.1, 0.15) is 36.5 Å². The van der Waals surface area contributed by atoms with E-state index in [2.05, 4.69) is 12.4 Å². The fraction of sp³-hybridized carbons (Fsp3) is 0.458. The number of benzene rings is 2. The molecule has 1 amide bonds. The summed E-state index contributed by atoms with van der Waals surface area (Å²) in [4.78, 5) is 11.4. The summed E-state index contributed by atoms with van der Waals surface area (Å²) in [6, 6.07) is 12.5. The van der Waals surface area contributed by atoms with Crippen LogP contribution in [0.5, 0.6) is 0 Å². The van der Waals surface area contributed by atoms with E-state index in [-0.39, 0.29) is 53.4 Å². The van der Waals surface area contributed by atoms with Gasteiger partial charge in [-0.15, -0.1) is 0 Å². The van der Waals surface area contributed by atoms with Crippen molar-refractivity contribution in [3.8, 4) is 0 Å². The van der Waals surface area contributed by atoms with E-state index >= 15 is 0 Å². The number of likely N-dealkylation sites (tertiary alicyclic amines) is 1. The average molecular weight is 558 g/mol. The fourth-order valence-electron chi connectivity index (χ4n) is 4.50. The lowest BCUT2D eigenvalue weighted by Gasteiger charge is -2.43. The molecule has 2 saturated heterocycles. The van der Waals surface area contributed by atoms with Crippen molar-refractivity contribution in [2.45, 2.75) is 31.0 Å². The number of ether oxygens (including phenoxy) is 2. The van der Waals surface area contributed by atoms with E-state index in [4.69, 9.17) is 9.47 Å². The zero-order chi connectivity index (χ0) is 21.9. The third kappa shape index (κ3) is 5.96. The number of hydrogen-bond donors (Lipinski definition) is 1. The first-order valence-electron chi connectivity index (χ1n) is 10.8. The summed E-state index contributed by atoms with van der Waals surface area (Å²) >= 11 is 0. The van der Waals surface area contributed by atoms with Crippen molar-refractivity contribution in [1.29, 1.82) is 0 Å². The summed E-state index contributed by atoms with van der Waals surface area (Å²) in [5, 5.41) is 2.78.